The summed E-state index contributed by atoms with van der Waals surface area (Å²) in [5, 5.41) is 8.70. The van der Waals surface area contributed by atoms with Crippen LogP contribution >= 0.6 is 0 Å². The fraction of sp³-hybridized carbons (Fsp3) is 0.929. The third kappa shape index (κ3) is 11.7. The summed E-state index contributed by atoms with van der Waals surface area (Å²) in [7, 11) is 0. The first-order chi connectivity index (χ1) is 8.20. The van der Waals surface area contributed by atoms with Gasteiger partial charge in [-0.3, -0.25) is 4.79 Å². The first kappa shape index (κ1) is 16.4. The summed E-state index contributed by atoms with van der Waals surface area (Å²) in [6.45, 7) is 7.23. The van der Waals surface area contributed by atoms with Crippen LogP contribution in [0.1, 0.15) is 65.2 Å². The number of unbranched alkanes of at least 4 members (excludes halogenated alkanes) is 5. The van der Waals surface area contributed by atoms with E-state index in [4.69, 9.17) is 5.11 Å². The van der Waals surface area contributed by atoms with Crippen molar-refractivity contribution in [2.24, 2.45) is 0 Å². The highest BCUT2D eigenvalue weighted by molar-refractivity contribution is 5.66. The Kier molecular flexibility index (Phi) is 11.5. The topological polar surface area (TPSA) is 40.5 Å². The summed E-state index contributed by atoms with van der Waals surface area (Å²) in [6.07, 6.45) is 9.04. The van der Waals surface area contributed by atoms with E-state index in [0.717, 1.165) is 13.1 Å². The quantitative estimate of drug-likeness (QED) is 0.533. The minimum Gasteiger partial charge on any atom is -0.481 e. The van der Waals surface area contributed by atoms with Gasteiger partial charge in [0.2, 0.25) is 0 Å². The molecule has 3 nitrogen and oxygen atoms in total. The van der Waals surface area contributed by atoms with Gasteiger partial charge in [-0.2, -0.15) is 0 Å². The molecule has 0 heterocycles. The van der Waals surface area contributed by atoms with Crippen molar-refractivity contribution in [2.45, 2.75) is 65.2 Å². The highest BCUT2D eigenvalue weighted by Gasteiger charge is 2.06. The van der Waals surface area contributed by atoms with Gasteiger partial charge in [0.15, 0.2) is 0 Å². The molecule has 0 atom stereocenters. The molecule has 0 spiro atoms. The Morgan fingerprint density at radius 3 is 2.06 bits per heavy atom. The van der Waals surface area contributed by atoms with Gasteiger partial charge in [0, 0.05) is 6.54 Å². The van der Waals surface area contributed by atoms with Crippen molar-refractivity contribution in [3.8, 4) is 0 Å². The van der Waals surface area contributed by atoms with Gasteiger partial charge in [-0.1, -0.05) is 46.0 Å². The van der Waals surface area contributed by atoms with E-state index < -0.39 is 5.97 Å². The zero-order valence-corrected chi connectivity index (χ0v) is 11.6. The normalized spacial score (nSPS) is 11.0. The van der Waals surface area contributed by atoms with Crippen LogP contribution in [-0.4, -0.2) is 35.6 Å². The van der Waals surface area contributed by atoms with E-state index in [1.165, 1.54) is 44.9 Å². The third-order valence-electron chi connectivity index (χ3n) is 3.05. The van der Waals surface area contributed by atoms with E-state index in [-0.39, 0.29) is 6.42 Å². The monoisotopic (exact) mass is 243 g/mol. The number of carbonyl (C=O) groups is 1. The summed E-state index contributed by atoms with van der Waals surface area (Å²) < 4.78 is 0. The van der Waals surface area contributed by atoms with Crippen molar-refractivity contribution >= 4 is 5.97 Å². The number of carboxylic acids is 1. The van der Waals surface area contributed by atoms with E-state index in [1.807, 2.05) is 0 Å². The molecule has 0 saturated carbocycles. The van der Waals surface area contributed by atoms with Gasteiger partial charge in [-0.15, -0.1) is 0 Å². The molecular formula is C14H29NO2. The molecule has 0 unspecified atom stereocenters. The van der Waals surface area contributed by atoms with Crippen molar-refractivity contribution in [1.29, 1.82) is 0 Å². The van der Waals surface area contributed by atoms with E-state index in [0.29, 0.717) is 6.54 Å². The average Bonchev–Trinajstić information content (AvgIpc) is 2.31. The fourth-order valence-electron chi connectivity index (χ4n) is 1.91. The van der Waals surface area contributed by atoms with Gasteiger partial charge in [0.1, 0.15) is 0 Å². The van der Waals surface area contributed by atoms with Crippen LogP contribution in [0.4, 0.5) is 0 Å². The molecule has 0 aliphatic carbocycles. The van der Waals surface area contributed by atoms with Crippen LogP contribution in [0.15, 0.2) is 0 Å². The maximum Gasteiger partial charge on any atom is 0.304 e. The highest BCUT2D eigenvalue weighted by atomic mass is 16.4. The molecule has 17 heavy (non-hydrogen) atoms. The lowest BCUT2D eigenvalue weighted by Crippen LogP contribution is -2.28. The maximum atomic E-state index is 10.6. The molecule has 0 aliphatic rings. The van der Waals surface area contributed by atoms with Gasteiger partial charge < -0.3 is 10.0 Å². The van der Waals surface area contributed by atoms with Crippen molar-refractivity contribution in [3.63, 3.8) is 0 Å². The lowest BCUT2D eigenvalue weighted by molar-refractivity contribution is -0.137. The van der Waals surface area contributed by atoms with Crippen LogP contribution in [-0.2, 0) is 4.79 Å². The van der Waals surface area contributed by atoms with Crippen LogP contribution in [0, 0.1) is 0 Å². The molecular weight excluding hydrogens is 214 g/mol. The van der Waals surface area contributed by atoms with E-state index in [1.54, 1.807) is 0 Å². The van der Waals surface area contributed by atoms with Gasteiger partial charge in [-0.25, -0.2) is 0 Å². The molecule has 0 saturated heterocycles. The van der Waals surface area contributed by atoms with E-state index in [9.17, 15) is 4.79 Å². The Morgan fingerprint density at radius 1 is 0.882 bits per heavy atom. The molecule has 1 N–H and O–H groups in total. The number of carboxylic acid groups (broad SMARTS) is 1. The number of nitrogens with zero attached hydrogens (tertiary/aromatic N) is 1. The van der Waals surface area contributed by atoms with E-state index in [2.05, 4.69) is 18.7 Å². The third-order valence-corrected chi connectivity index (χ3v) is 3.05. The predicted octanol–water partition coefficient (Wildman–Crippen LogP) is 3.53. The van der Waals surface area contributed by atoms with Crippen LogP contribution in [0.25, 0.3) is 0 Å². The lowest BCUT2D eigenvalue weighted by Gasteiger charge is -2.21. The summed E-state index contributed by atoms with van der Waals surface area (Å²) in [5.41, 5.74) is 0. The second-order valence-corrected chi connectivity index (χ2v) is 4.75. The minimum atomic E-state index is -0.683. The molecule has 0 bridgehead atoms. The maximum absolute atomic E-state index is 10.6. The van der Waals surface area contributed by atoms with Crippen molar-refractivity contribution < 1.29 is 9.90 Å². The second-order valence-electron chi connectivity index (χ2n) is 4.75. The van der Waals surface area contributed by atoms with Crippen molar-refractivity contribution in [1.82, 2.24) is 4.90 Å². The Hall–Kier alpha value is -0.570. The molecule has 0 aromatic rings. The van der Waals surface area contributed by atoms with Gasteiger partial charge in [-0.05, 0) is 25.9 Å². The number of rotatable bonds is 12. The SMILES string of the molecule is CCCCCCCN(CCCC)CCC(=O)O. The van der Waals surface area contributed by atoms with Gasteiger partial charge >= 0.3 is 5.97 Å². The van der Waals surface area contributed by atoms with Crippen LogP contribution in [0.5, 0.6) is 0 Å². The Balaban J connectivity index is 3.64. The molecule has 0 aromatic carbocycles. The first-order valence-electron chi connectivity index (χ1n) is 7.14. The van der Waals surface area contributed by atoms with Crippen LogP contribution in [0.3, 0.4) is 0 Å². The smallest absolute Gasteiger partial charge is 0.304 e. The standard InChI is InChI=1S/C14H29NO2/c1-3-5-7-8-9-12-15(11-6-4-2)13-10-14(16)17/h3-13H2,1-2H3,(H,16,17). The predicted molar refractivity (Wildman–Crippen MR) is 72.4 cm³/mol. The Bertz CT molecular complexity index is 183. The van der Waals surface area contributed by atoms with Crippen molar-refractivity contribution in [2.75, 3.05) is 19.6 Å². The zero-order valence-electron chi connectivity index (χ0n) is 11.6. The number of aliphatic carboxylic acids is 1. The summed E-state index contributed by atoms with van der Waals surface area (Å²) >= 11 is 0. The summed E-state index contributed by atoms with van der Waals surface area (Å²) in [4.78, 5) is 12.9. The van der Waals surface area contributed by atoms with Crippen molar-refractivity contribution in [3.05, 3.63) is 0 Å². The number of hydrogen-bond donors (Lipinski definition) is 1. The van der Waals surface area contributed by atoms with E-state index >= 15 is 0 Å². The molecule has 0 aliphatic heterocycles. The van der Waals surface area contributed by atoms with Gasteiger partial charge in [0.05, 0.1) is 6.42 Å². The molecule has 0 fully saturated rings. The lowest BCUT2D eigenvalue weighted by atomic mass is 10.1. The molecule has 0 radical (unpaired) electrons. The molecule has 0 aromatic heterocycles. The Morgan fingerprint density at radius 2 is 1.47 bits per heavy atom. The Labute approximate surface area is 106 Å². The number of hydrogen-bond acceptors (Lipinski definition) is 2. The second kappa shape index (κ2) is 11.9. The van der Waals surface area contributed by atoms with Crippen LogP contribution < -0.4 is 0 Å². The average molecular weight is 243 g/mol. The minimum absolute atomic E-state index is 0.276. The largest absolute Gasteiger partial charge is 0.481 e. The zero-order chi connectivity index (χ0) is 12.9. The van der Waals surface area contributed by atoms with Gasteiger partial charge in [0.25, 0.3) is 0 Å². The first-order valence-corrected chi connectivity index (χ1v) is 7.14. The molecule has 3 heteroatoms. The molecule has 0 amide bonds. The summed E-state index contributed by atoms with van der Waals surface area (Å²) in [6, 6.07) is 0. The molecule has 102 valence electrons. The fourth-order valence-corrected chi connectivity index (χ4v) is 1.91. The summed E-state index contributed by atoms with van der Waals surface area (Å²) in [5.74, 6) is -0.683. The highest BCUT2D eigenvalue weighted by Crippen LogP contribution is 2.05. The van der Waals surface area contributed by atoms with Crippen LogP contribution in [0.2, 0.25) is 0 Å². The molecule has 0 rings (SSSR count).